The van der Waals surface area contributed by atoms with Crippen molar-refractivity contribution in [3.05, 3.63) is 21.7 Å². The topological polar surface area (TPSA) is 107 Å². The molecule has 1 aliphatic heterocycles. The number of nitrogens with one attached hydrogen (secondary N) is 1. The fourth-order valence-electron chi connectivity index (χ4n) is 3.31. The van der Waals surface area contributed by atoms with Crippen LogP contribution in [0.4, 0.5) is 0 Å². The number of hydrogen-bond acceptors (Lipinski definition) is 6. The second kappa shape index (κ2) is 6.23. The van der Waals surface area contributed by atoms with Gasteiger partial charge in [0.05, 0.1) is 19.2 Å². The Bertz CT molecular complexity index is 913. The SMILES string of the molecule is CCOC(=O)c1n[nH]c(=O)c2c(OC)c3n(c12)[C@@H](C)CN(CC)C3=O. The fraction of sp³-hybridized carbons (Fsp3) is 0.500. The predicted octanol–water partition coefficient (Wildman–Crippen LogP) is 0.947. The molecule has 0 aliphatic carbocycles. The number of likely N-dealkylation sites (N-methyl/N-ethyl adjacent to an activating group) is 1. The van der Waals surface area contributed by atoms with Gasteiger partial charge < -0.3 is 18.9 Å². The normalized spacial score (nSPS) is 16.9. The van der Waals surface area contributed by atoms with Crippen LogP contribution in [0.15, 0.2) is 4.79 Å². The molecule has 0 bridgehead atoms. The van der Waals surface area contributed by atoms with Crippen molar-refractivity contribution in [2.45, 2.75) is 26.8 Å². The van der Waals surface area contributed by atoms with Crippen molar-refractivity contribution in [2.24, 2.45) is 0 Å². The zero-order chi connectivity index (χ0) is 18.3. The van der Waals surface area contributed by atoms with Crippen LogP contribution in [-0.4, -0.2) is 58.3 Å². The van der Waals surface area contributed by atoms with Crippen LogP contribution in [0.25, 0.3) is 10.9 Å². The van der Waals surface area contributed by atoms with E-state index in [-0.39, 0.29) is 46.6 Å². The maximum Gasteiger partial charge on any atom is 0.360 e. The summed E-state index contributed by atoms with van der Waals surface area (Å²) in [5.41, 5.74) is -0.0387. The van der Waals surface area contributed by atoms with Crippen LogP contribution in [0.1, 0.15) is 47.8 Å². The first-order chi connectivity index (χ1) is 12.0. The summed E-state index contributed by atoms with van der Waals surface area (Å²) in [4.78, 5) is 39.2. The summed E-state index contributed by atoms with van der Waals surface area (Å²) in [5, 5.41) is 6.30. The van der Waals surface area contributed by atoms with Crippen LogP contribution in [0.2, 0.25) is 0 Å². The summed E-state index contributed by atoms with van der Waals surface area (Å²) < 4.78 is 12.1. The van der Waals surface area contributed by atoms with E-state index in [2.05, 4.69) is 10.2 Å². The minimum Gasteiger partial charge on any atom is -0.493 e. The Morgan fingerprint density at radius 1 is 1.36 bits per heavy atom. The number of carbonyl (C=O) groups excluding carboxylic acids is 2. The van der Waals surface area contributed by atoms with Gasteiger partial charge >= 0.3 is 5.97 Å². The molecule has 2 aromatic rings. The van der Waals surface area contributed by atoms with Crippen LogP contribution >= 0.6 is 0 Å². The molecule has 1 amide bonds. The van der Waals surface area contributed by atoms with Crippen molar-refractivity contribution in [1.29, 1.82) is 0 Å². The summed E-state index contributed by atoms with van der Waals surface area (Å²) >= 11 is 0. The van der Waals surface area contributed by atoms with Gasteiger partial charge in [-0.3, -0.25) is 9.59 Å². The van der Waals surface area contributed by atoms with E-state index in [0.717, 1.165) is 0 Å². The van der Waals surface area contributed by atoms with E-state index < -0.39 is 11.5 Å². The Hall–Kier alpha value is -2.84. The van der Waals surface area contributed by atoms with Crippen LogP contribution in [0, 0.1) is 0 Å². The molecule has 1 aliphatic rings. The predicted molar refractivity (Wildman–Crippen MR) is 89.2 cm³/mol. The summed E-state index contributed by atoms with van der Waals surface area (Å²) in [6, 6.07) is -0.157. The molecule has 3 heterocycles. The third-order valence-electron chi connectivity index (χ3n) is 4.35. The van der Waals surface area contributed by atoms with Crippen LogP contribution < -0.4 is 10.3 Å². The van der Waals surface area contributed by atoms with E-state index in [9.17, 15) is 14.4 Å². The van der Waals surface area contributed by atoms with Crippen molar-refractivity contribution < 1.29 is 19.1 Å². The summed E-state index contributed by atoms with van der Waals surface area (Å²) in [7, 11) is 1.39. The molecule has 0 spiro atoms. The molecular formula is C16H20N4O5. The van der Waals surface area contributed by atoms with Gasteiger partial charge in [0.15, 0.2) is 17.1 Å². The monoisotopic (exact) mass is 348 g/mol. The van der Waals surface area contributed by atoms with Crippen LogP contribution in [-0.2, 0) is 4.74 Å². The highest BCUT2D eigenvalue weighted by Crippen LogP contribution is 2.38. The highest BCUT2D eigenvalue weighted by atomic mass is 16.5. The summed E-state index contributed by atoms with van der Waals surface area (Å²) in [6.45, 7) is 6.64. The largest absolute Gasteiger partial charge is 0.493 e. The quantitative estimate of drug-likeness (QED) is 0.825. The fourth-order valence-corrected chi connectivity index (χ4v) is 3.31. The molecule has 9 nitrogen and oxygen atoms in total. The average Bonchev–Trinajstić information content (AvgIpc) is 2.95. The number of methoxy groups -OCH3 is 1. The third-order valence-corrected chi connectivity index (χ3v) is 4.35. The summed E-state index contributed by atoms with van der Waals surface area (Å²) in [5.74, 6) is -0.758. The lowest BCUT2D eigenvalue weighted by atomic mass is 10.2. The standard InChI is InChI=1S/C16H20N4O5/c1-5-19-7-8(3)20-11-9(13(24-4)12(20)15(19)22)14(21)18-17-10(11)16(23)25-6-2/h8H,5-7H2,1-4H3,(H,18,21)/t8-/m0/s1. The van der Waals surface area contributed by atoms with E-state index in [1.54, 1.807) is 16.4 Å². The lowest BCUT2D eigenvalue weighted by molar-refractivity contribution is 0.0518. The third kappa shape index (κ3) is 2.38. The molecule has 3 rings (SSSR count). The van der Waals surface area contributed by atoms with Gasteiger partial charge in [0.25, 0.3) is 11.5 Å². The molecule has 0 fully saturated rings. The number of aromatic nitrogens is 3. The number of esters is 1. The van der Waals surface area contributed by atoms with Gasteiger partial charge in [-0.25, -0.2) is 9.89 Å². The number of H-pyrrole nitrogens is 1. The highest BCUT2D eigenvalue weighted by molar-refractivity contribution is 6.09. The zero-order valence-corrected chi connectivity index (χ0v) is 14.6. The van der Waals surface area contributed by atoms with Gasteiger partial charge in [0.1, 0.15) is 5.39 Å². The van der Waals surface area contributed by atoms with Gasteiger partial charge in [0.2, 0.25) is 0 Å². The molecule has 9 heteroatoms. The number of rotatable bonds is 4. The van der Waals surface area contributed by atoms with Crippen LogP contribution in [0.5, 0.6) is 5.75 Å². The second-order valence-electron chi connectivity index (χ2n) is 5.79. The molecule has 2 aromatic heterocycles. The zero-order valence-electron chi connectivity index (χ0n) is 14.6. The molecule has 0 saturated carbocycles. The lowest BCUT2D eigenvalue weighted by Gasteiger charge is -2.32. The lowest BCUT2D eigenvalue weighted by Crippen LogP contribution is -2.42. The van der Waals surface area contributed by atoms with E-state index in [1.165, 1.54) is 7.11 Å². The molecular weight excluding hydrogens is 328 g/mol. The average molecular weight is 348 g/mol. The first kappa shape index (κ1) is 17.0. The van der Waals surface area contributed by atoms with E-state index in [0.29, 0.717) is 13.1 Å². The Morgan fingerprint density at radius 2 is 2.08 bits per heavy atom. The Labute approximate surface area is 143 Å². The van der Waals surface area contributed by atoms with Crippen molar-refractivity contribution in [2.75, 3.05) is 26.8 Å². The Morgan fingerprint density at radius 3 is 2.68 bits per heavy atom. The number of carbonyl (C=O) groups is 2. The molecule has 0 aromatic carbocycles. The number of fused-ring (bicyclic) bond motifs is 3. The first-order valence-corrected chi connectivity index (χ1v) is 8.13. The number of amides is 1. The van der Waals surface area contributed by atoms with E-state index in [4.69, 9.17) is 9.47 Å². The smallest absolute Gasteiger partial charge is 0.360 e. The van der Waals surface area contributed by atoms with Gasteiger partial charge in [-0.2, -0.15) is 5.10 Å². The maximum atomic E-state index is 12.8. The maximum absolute atomic E-state index is 12.8. The Kier molecular flexibility index (Phi) is 4.23. The van der Waals surface area contributed by atoms with Gasteiger partial charge in [0, 0.05) is 19.1 Å². The van der Waals surface area contributed by atoms with Crippen molar-refractivity contribution >= 4 is 22.8 Å². The van der Waals surface area contributed by atoms with E-state index >= 15 is 0 Å². The number of hydrogen-bond donors (Lipinski definition) is 1. The molecule has 0 saturated heterocycles. The number of aromatic amines is 1. The number of nitrogens with zero attached hydrogens (tertiary/aromatic N) is 3. The molecule has 0 radical (unpaired) electrons. The minimum absolute atomic E-state index is 0.0365. The van der Waals surface area contributed by atoms with Gasteiger partial charge in [-0.1, -0.05) is 0 Å². The van der Waals surface area contributed by atoms with Gasteiger partial charge in [-0.15, -0.1) is 0 Å². The molecule has 134 valence electrons. The molecule has 25 heavy (non-hydrogen) atoms. The van der Waals surface area contributed by atoms with Gasteiger partial charge in [-0.05, 0) is 20.8 Å². The number of ether oxygens (including phenoxy) is 2. The first-order valence-electron chi connectivity index (χ1n) is 8.13. The van der Waals surface area contributed by atoms with Crippen molar-refractivity contribution in [1.82, 2.24) is 19.7 Å². The van der Waals surface area contributed by atoms with Crippen molar-refractivity contribution in [3.8, 4) is 5.75 Å². The van der Waals surface area contributed by atoms with Crippen LogP contribution in [0.3, 0.4) is 0 Å². The molecule has 0 unspecified atom stereocenters. The second-order valence-corrected chi connectivity index (χ2v) is 5.79. The molecule has 1 atom stereocenters. The van der Waals surface area contributed by atoms with Crippen molar-refractivity contribution in [3.63, 3.8) is 0 Å². The highest BCUT2D eigenvalue weighted by Gasteiger charge is 2.37. The molecule has 1 N–H and O–H groups in total. The summed E-state index contributed by atoms with van der Waals surface area (Å²) in [6.07, 6.45) is 0. The minimum atomic E-state index is -0.663. The van der Waals surface area contributed by atoms with E-state index in [1.807, 2.05) is 13.8 Å². The Balaban J connectivity index is 2.43.